The molecule has 1 amide bonds. The van der Waals surface area contributed by atoms with E-state index < -0.39 is 124 Å². The highest BCUT2D eigenvalue weighted by atomic mass is 16.8. The fourth-order valence-electron chi connectivity index (χ4n) is 14.0. The lowest BCUT2D eigenvalue weighted by Gasteiger charge is -2.48. The van der Waals surface area contributed by atoms with Crippen LogP contribution < -0.4 is 5.32 Å². The molecule has 3 saturated heterocycles. The van der Waals surface area contributed by atoms with Gasteiger partial charge in [0.1, 0.15) is 73.2 Å². The van der Waals surface area contributed by atoms with Crippen LogP contribution in [0.3, 0.4) is 0 Å². The number of nitrogens with one attached hydrogen (secondary N) is 1. The molecule has 3 aliphatic heterocycles. The van der Waals surface area contributed by atoms with Gasteiger partial charge in [-0.3, -0.25) is 4.79 Å². The van der Waals surface area contributed by atoms with E-state index in [1.807, 2.05) is 0 Å². The van der Waals surface area contributed by atoms with E-state index in [-0.39, 0.29) is 18.9 Å². The standard InChI is InChI=1S/C76H147NO18/c1-3-5-7-9-11-13-15-17-19-21-23-25-27-29-30-31-33-35-37-39-41-43-45-47-49-51-53-60(81)59(77-64(82)54-52-50-48-46-44-42-40-38-36-34-32-28-26-24-22-20-18-16-14-12-10-8-6-4-2)58-90-74-70(88)67(85)72(62(56-79)92-74)95-76-71(89)68(86)73(63(57-80)93-76)94-75-69(87)66(84)65(83)61(55-78)91-75/h59-63,65-76,78-81,83-89H,3-58H2,1-2H3,(H,77,82). The first-order valence-electron chi connectivity index (χ1n) is 39.8. The lowest BCUT2D eigenvalue weighted by molar-refractivity contribution is -0.379. The number of ether oxygens (including phenoxy) is 6. The van der Waals surface area contributed by atoms with Crippen molar-refractivity contribution in [2.75, 3.05) is 26.4 Å². The fourth-order valence-corrected chi connectivity index (χ4v) is 14.0. The highest BCUT2D eigenvalue weighted by Crippen LogP contribution is 2.33. The van der Waals surface area contributed by atoms with E-state index in [1.54, 1.807) is 0 Å². The van der Waals surface area contributed by atoms with Crippen LogP contribution in [0.1, 0.15) is 348 Å². The highest BCUT2D eigenvalue weighted by molar-refractivity contribution is 5.76. The number of aliphatic hydroxyl groups is 11. The maximum Gasteiger partial charge on any atom is 0.220 e. The van der Waals surface area contributed by atoms with Crippen LogP contribution in [0.15, 0.2) is 0 Å². The summed E-state index contributed by atoms with van der Waals surface area (Å²) < 4.78 is 34.5. The van der Waals surface area contributed by atoms with Crippen LogP contribution in [0.5, 0.6) is 0 Å². The quantitative estimate of drug-likeness (QED) is 0.0252. The summed E-state index contributed by atoms with van der Waals surface area (Å²) in [7, 11) is 0. The first-order chi connectivity index (χ1) is 46.3. The molecule has 12 N–H and O–H groups in total. The molecule has 95 heavy (non-hydrogen) atoms. The molecule has 0 spiro atoms. The SMILES string of the molecule is CCCCCCCCCCCCCCCCCCCCCCCCCCCCC(O)C(COC1OC(CO)C(OC2OC(CO)C(OC3OC(CO)C(O)C(O)C3O)C(O)C2O)C(O)C1O)NC(=O)CCCCCCCCCCCCCCCCCCCCCCCCCC. The number of hydrogen-bond donors (Lipinski definition) is 12. The van der Waals surface area contributed by atoms with E-state index in [2.05, 4.69) is 19.2 Å². The third kappa shape index (κ3) is 39.1. The van der Waals surface area contributed by atoms with Crippen molar-refractivity contribution in [3.8, 4) is 0 Å². The molecule has 3 aliphatic rings. The molecule has 3 fully saturated rings. The summed E-state index contributed by atoms with van der Waals surface area (Å²) in [6, 6.07) is -0.883. The summed E-state index contributed by atoms with van der Waals surface area (Å²) in [5.74, 6) is -0.233. The van der Waals surface area contributed by atoms with Gasteiger partial charge in [0.25, 0.3) is 0 Å². The van der Waals surface area contributed by atoms with Crippen LogP contribution >= 0.6 is 0 Å². The summed E-state index contributed by atoms with van der Waals surface area (Å²) in [5.41, 5.74) is 0. The fraction of sp³-hybridized carbons (Fsp3) is 0.987. The molecule has 17 atom stereocenters. The second-order valence-electron chi connectivity index (χ2n) is 28.9. The second kappa shape index (κ2) is 58.3. The zero-order chi connectivity index (χ0) is 68.9. The molecule has 0 aromatic carbocycles. The lowest BCUT2D eigenvalue weighted by atomic mass is 9.96. The number of carbonyl (C=O) groups is 1. The number of aliphatic hydroxyl groups excluding tert-OH is 11. The predicted molar refractivity (Wildman–Crippen MR) is 374 cm³/mol. The topological polar surface area (TPSA) is 307 Å². The van der Waals surface area contributed by atoms with Crippen molar-refractivity contribution in [3.05, 3.63) is 0 Å². The van der Waals surface area contributed by atoms with E-state index in [0.29, 0.717) is 12.8 Å². The third-order valence-electron chi connectivity index (χ3n) is 20.4. The summed E-state index contributed by atoms with van der Waals surface area (Å²) >= 11 is 0. The number of unbranched alkanes of at least 4 members (excludes halogenated alkanes) is 48. The molecular weight excluding hydrogens is 1210 g/mol. The Labute approximate surface area is 576 Å². The van der Waals surface area contributed by atoms with Crippen LogP contribution in [-0.4, -0.2) is 193 Å². The number of rotatable bonds is 64. The van der Waals surface area contributed by atoms with Gasteiger partial charge in [-0.2, -0.15) is 0 Å². The number of amides is 1. The van der Waals surface area contributed by atoms with Crippen LogP contribution in [0.25, 0.3) is 0 Å². The van der Waals surface area contributed by atoms with E-state index in [9.17, 15) is 61.0 Å². The zero-order valence-corrected chi connectivity index (χ0v) is 60.2. The summed E-state index contributed by atoms with van der Waals surface area (Å²) in [4.78, 5) is 13.5. The molecule has 3 rings (SSSR count). The Hall–Kier alpha value is -1.21. The van der Waals surface area contributed by atoms with Crippen molar-refractivity contribution in [2.24, 2.45) is 0 Å². The minimum atomic E-state index is -1.97. The number of hydrogen-bond acceptors (Lipinski definition) is 18. The van der Waals surface area contributed by atoms with Crippen LogP contribution in [0.4, 0.5) is 0 Å². The molecular formula is C76H147NO18. The molecule has 0 aromatic rings. The van der Waals surface area contributed by atoms with Crippen LogP contribution in [0.2, 0.25) is 0 Å². The molecule has 19 heteroatoms. The van der Waals surface area contributed by atoms with Crippen molar-refractivity contribution in [1.29, 1.82) is 0 Å². The van der Waals surface area contributed by atoms with Gasteiger partial charge in [-0.05, 0) is 12.8 Å². The Morgan fingerprint density at radius 1 is 0.337 bits per heavy atom. The Bertz CT molecular complexity index is 1720. The smallest absolute Gasteiger partial charge is 0.220 e. The largest absolute Gasteiger partial charge is 0.394 e. The minimum Gasteiger partial charge on any atom is -0.394 e. The molecule has 0 bridgehead atoms. The van der Waals surface area contributed by atoms with Crippen molar-refractivity contribution >= 4 is 5.91 Å². The Morgan fingerprint density at radius 3 is 0.916 bits per heavy atom. The van der Waals surface area contributed by atoms with Crippen molar-refractivity contribution < 1.29 is 89.4 Å². The second-order valence-corrected chi connectivity index (χ2v) is 28.9. The maximum absolute atomic E-state index is 13.5. The monoisotopic (exact) mass is 1360 g/mol. The average Bonchev–Trinajstić information content (AvgIpc) is 0.787. The number of carbonyl (C=O) groups excluding carboxylic acids is 1. The normalized spacial score (nSPS) is 27.1. The van der Waals surface area contributed by atoms with E-state index in [1.165, 1.54) is 270 Å². The van der Waals surface area contributed by atoms with Crippen molar-refractivity contribution in [2.45, 2.75) is 452 Å². The van der Waals surface area contributed by atoms with Crippen molar-refractivity contribution in [1.82, 2.24) is 5.32 Å². The molecule has 0 aliphatic carbocycles. The Balaban J connectivity index is 1.38. The molecule has 0 radical (unpaired) electrons. The molecule has 0 saturated carbocycles. The van der Waals surface area contributed by atoms with Crippen LogP contribution in [0, 0.1) is 0 Å². The maximum atomic E-state index is 13.5. The molecule has 3 heterocycles. The van der Waals surface area contributed by atoms with Gasteiger partial charge in [0.2, 0.25) is 5.91 Å². The summed E-state index contributed by atoms with van der Waals surface area (Å²) in [5, 5.41) is 121. The molecule has 17 unspecified atom stereocenters. The van der Waals surface area contributed by atoms with Gasteiger partial charge >= 0.3 is 0 Å². The molecule has 0 aromatic heterocycles. The Kier molecular flexibility index (Phi) is 54.0. The Morgan fingerprint density at radius 2 is 0.600 bits per heavy atom. The first-order valence-corrected chi connectivity index (χ1v) is 39.8. The predicted octanol–water partition coefficient (Wildman–Crippen LogP) is 12.6. The average molecular weight is 1360 g/mol. The lowest BCUT2D eigenvalue weighted by Crippen LogP contribution is -2.66. The zero-order valence-electron chi connectivity index (χ0n) is 60.2. The molecule has 19 nitrogen and oxygen atoms in total. The van der Waals surface area contributed by atoms with Gasteiger partial charge in [0.05, 0.1) is 38.6 Å². The van der Waals surface area contributed by atoms with E-state index in [4.69, 9.17) is 28.4 Å². The van der Waals surface area contributed by atoms with Gasteiger partial charge < -0.3 is 89.9 Å². The van der Waals surface area contributed by atoms with Crippen LogP contribution in [-0.2, 0) is 33.2 Å². The van der Waals surface area contributed by atoms with Gasteiger partial charge in [-0.25, -0.2) is 0 Å². The van der Waals surface area contributed by atoms with Gasteiger partial charge in [-0.1, -0.05) is 328 Å². The molecule has 564 valence electrons. The summed E-state index contributed by atoms with van der Waals surface area (Å²) in [6.07, 6.45) is 39.0. The van der Waals surface area contributed by atoms with Gasteiger partial charge in [0, 0.05) is 6.42 Å². The van der Waals surface area contributed by atoms with E-state index >= 15 is 0 Å². The first kappa shape index (κ1) is 88.0. The van der Waals surface area contributed by atoms with Gasteiger partial charge in [0.15, 0.2) is 18.9 Å². The van der Waals surface area contributed by atoms with Crippen molar-refractivity contribution in [3.63, 3.8) is 0 Å². The minimum absolute atomic E-state index is 0.233. The van der Waals surface area contributed by atoms with Gasteiger partial charge in [-0.15, -0.1) is 0 Å². The summed E-state index contributed by atoms with van der Waals surface area (Å²) in [6.45, 7) is 1.87. The highest BCUT2D eigenvalue weighted by Gasteiger charge is 2.54. The third-order valence-corrected chi connectivity index (χ3v) is 20.4. The van der Waals surface area contributed by atoms with E-state index in [0.717, 1.165) is 44.9 Å².